The quantitative estimate of drug-likeness (QED) is 0.455. The highest BCUT2D eigenvalue weighted by atomic mass is 32.2. The average molecular weight is 434 g/mol. The van der Waals surface area contributed by atoms with Crippen molar-refractivity contribution in [2.45, 2.75) is 23.2 Å². The predicted molar refractivity (Wildman–Crippen MR) is 108 cm³/mol. The number of benzene rings is 1. The molecule has 2 saturated heterocycles. The molecule has 0 bridgehead atoms. The van der Waals surface area contributed by atoms with Gasteiger partial charge in [-0.05, 0) is 18.2 Å². The SMILES string of the molecule is O=C1C[C@H](C(=O)Nc2ccc3nc(SCC(=O)N[C@@H]4CCOC4=O)sc3c2)CN1. The van der Waals surface area contributed by atoms with E-state index in [0.717, 1.165) is 14.6 Å². The molecule has 0 saturated carbocycles. The van der Waals surface area contributed by atoms with Crippen molar-refractivity contribution in [3.8, 4) is 0 Å². The zero-order valence-corrected chi connectivity index (χ0v) is 16.9. The molecular weight excluding hydrogens is 416 g/mol. The molecule has 3 heterocycles. The van der Waals surface area contributed by atoms with Crippen LogP contribution in [0.15, 0.2) is 22.5 Å². The van der Waals surface area contributed by atoms with Crippen LogP contribution < -0.4 is 16.0 Å². The van der Waals surface area contributed by atoms with Crippen LogP contribution in [0.25, 0.3) is 10.2 Å². The van der Waals surface area contributed by atoms with Gasteiger partial charge in [0.15, 0.2) is 4.34 Å². The second-order valence-corrected chi connectivity index (χ2v) is 8.97. The van der Waals surface area contributed by atoms with Crippen molar-refractivity contribution in [1.82, 2.24) is 15.6 Å². The first-order chi connectivity index (χ1) is 14.0. The Kier molecular flexibility index (Phi) is 5.67. The van der Waals surface area contributed by atoms with Crippen molar-refractivity contribution in [2.75, 3.05) is 24.2 Å². The molecule has 0 aliphatic carbocycles. The van der Waals surface area contributed by atoms with Crippen molar-refractivity contribution < 1.29 is 23.9 Å². The molecule has 0 unspecified atom stereocenters. The van der Waals surface area contributed by atoms with Crippen LogP contribution in [0.1, 0.15) is 12.8 Å². The molecule has 2 aliphatic heterocycles. The number of aromatic nitrogens is 1. The maximum absolute atomic E-state index is 12.2. The summed E-state index contributed by atoms with van der Waals surface area (Å²) in [7, 11) is 0. The number of nitrogens with one attached hydrogen (secondary N) is 3. The van der Waals surface area contributed by atoms with Gasteiger partial charge < -0.3 is 20.7 Å². The summed E-state index contributed by atoms with van der Waals surface area (Å²) in [5.41, 5.74) is 1.41. The van der Waals surface area contributed by atoms with Crippen molar-refractivity contribution in [3.63, 3.8) is 0 Å². The fourth-order valence-corrected chi connectivity index (χ4v) is 4.99. The number of rotatable bonds is 6. The number of carbonyl (C=O) groups excluding carboxylic acids is 4. The highest BCUT2D eigenvalue weighted by Gasteiger charge is 2.28. The molecule has 152 valence electrons. The van der Waals surface area contributed by atoms with Crippen molar-refractivity contribution in [1.29, 1.82) is 0 Å². The number of thioether (sulfide) groups is 1. The topological polar surface area (TPSA) is 126 Å². The summed E-state index contributed by atoms with van der Waals surface area (Å²) >= 11 is 2.71. The van der Waals surface area contributed by atoms with E-state index in [2.05, 4.69) is 20.9 Å². The molecule has 2 fully saturated rings. The molecule has 3 N–H and O–H groups in total. The molecule has 0 spiro atoms. The van der Waals surface area contributed by atoms with Gasteiger partial charge in [0.25, 0.3) is 0 Å². The summed E-state index contributed by atoms with van der Waals surface area (Å²) in [6.45, 7) is 0.691. The Balaban J connectivity index is 1.34. The maximum atomic E-state index is 12.2. The number of hydrogen-bond donors (Lipinski definition) is 3. The van der Waals surface area contributed by atoms with Crippen LogP contribution >= 0.6 is 23.1 Å². The third kappa shape index (κ3) is 4.67. The number of hydrogen-bond acceptors (Lipinski definition) is 8. The van der Waals surface area contributed by atoms with E-state index < -0.39 is 12.0 Å². The van der Waals surface area contributed by atoms with Gasteiger partial charge in [0.2, 0.25) is 17.7 Å². The van der Waals surface area contributed by atoms with Gasteiger partial charge in [-0.15, -0.1) is 11.3 Å². The van der Waals surface area contributed by atoms with E-state index in [-0.39, 0.29) is 35.8 Å². The van der Waals surface area contributed by atoms with Gasteiger partial charge in [0.1, 0.15) is 6.04 Å². The van der Waals surface area contributed by atoms with E-state index in [9.17, 15) is 19.2 Å². The third-order valence-electron chi connectivity index (χ3n) is 4.58. The molecular formula is C18H18N4O5S2. The van der Waals surface area contributed by atoms with E-state index in [1.165, 1.54) is 23.1 Å². The third-order valence-corrected chi connectivity index (χ3v) is 6.74. The van der Waals surface area contributed by atoms with Crippen LogP contribution in [-0.2, 0) is 23.9 Å². The second kappa shape index (κ2) is 8.37. The van der Waals surface area contributed by atoms with Gasteiger partial charge in [-0.3, -0.25) is 14.4 Å². The number of anilines is 1. The highest BCUT2D eigenvalue weighted by molar-refractivity contribution is 8.01. The van der Waals surface area contributed by atoms with E-state index >= 15 is 0 Å². The zero-order valence-electron chi connectivity index (χ0n) is 15.2. The number of fused-ring (bicyclic) bond motifs is 1. The summed E-state index contributed by atoms with van der Waals surface area (Å²) in [6.07, 6.45) is 0.700. The Labute approximate surface area is 174 Å². The lowest BCUT2D eigenvalue weighted by atomic mass is 10.1. The molecule has 2 aliphatic rings. The van der Waals surface area contributed by atoms with Gasteiger partial charge >= 0.3 is 5.97 Å². The van der Waals surface area contributed by atoms with Crippen LogP contribution in [0.5, 0.6) is 0 Å². The molecule has 4 rings (SSSR count). The van der Waals surface area contributed by atoms with Crippen LogP contribution in [0.3, 0.4) is 0 Å². The van der Waals surface area contributed by atoms with Crippen LogP contribution in [-0.4, -0.2) is 53.6 Å². The summed E-state index contributed by atoms with van der Waals surface area (Å²) < 4.78 is 6.43. The Hall–Kier alpha value is -2.66. The summed E-state index contributed by atoms with van der Waals surface area (Å²) in [4.78, 5) is 51.4. The normalized spacial score (nSPS) is 21.1. The van der Waals surface area contributed by atoms with Crippen LogP contribution in [0, 0.1) is 5.92 Å². The number of nitrogens with zero attached hydrogens (tertiary/aromatic N) is 1. The smallest absolute Gasteiger partial charge is 0.328 e. The summed E-state index contributed by atoms with van der Waals surface area (Å²) in [6, 6.07) is 4.83. The van der Waals surface area contributed by atoms with E-state index in [1.807, 2.05) is 6.07 Å². The van der Waals surface area contributed by atoms with Gasteiger partial charge in [-0.2, -0.15) is 0 Å². The Morgan fingerprint density at radius 1 is 1.34 bits per heavy atom. The summed E-state index contributed by atoms with van der Waals surface area (Å²) in [5.74, 6) is -1.15. The number of ether oxygens (including phenoxy) is 1. The summed E-state index contributed by atoms with van der Waals surface area (Å²) in [5, 5.41) is 8.14. The number of carbonyl (C=O) groups is 4. The molecule has 2 aromatic rings. The van der Waals surface area contributed by atoms with Gasteiger partial charge in [-0.1, -0.05) is 11.8 Å². The van der Waals surface area contributed by atoms with Crippen molar-refractivity contribution >= 4 is 62.7 Å². The molecule has 29 heavy (non-hydrogen) atoms. The lowest BCUT2D eigenvalue weighted by Gasteiger charge is -2.08. The molecule has 2 atom stereocenters. The lowest BCUT2D eigenvalue weighted by molar-refractivity contribution is -0.141. The Morgan fingerprint density at radius 2 is 2.21 bits per heavy atom. The zero-order chi connectivity index (χ0) is 20.4. The average Bonchev–Trinajstić information content (AvgIpc) is 3.40. The van der Waals surface area contributed by atoms with Crippen molar-refractivity contribution in [2.24, 2.45) is 5.92 Å². The largest absolute Gasteiger partial charge is 0.464 e. The fourth-order valence-electron chi connectivity index (χ4n) is 3.07. The monoisotopic (exact) mass is 434 g/mol. The molecule has 1 aromatic carbocycles. The van der Waals surface area contributed by atoms with Crippen LogP contribution in [0.2, 0.25) is 0 Å². The number of cyclic esters (lactones) is 1. The minimum Gasteiger partial charge on any atom is -0.464 e. The molecule has 3 amide bonds. The predicted octanol–water partition coefficient (Wildman–Crippen LogP) is 0.895. The van der Waals surface area contributed by atoms with Gasteiger partial charge in [0.05, 0.1) is 28.5 Å². The number of amides is 3. The minimum atomic E-state index is -0.560. The Morgan fingerprint density at radius 3 is 2.93 bits per heavy atom. The maximum Gasteiger partial charge on any atom is 0.328 e. The lowest BCUT2D eigenvalue weighted by Crippen LogP contribution is -2.38. The van der Waals surface area contributed by atoms with Gasteiger partial charge in [-0.25, -0.2) is 9.78 Å². The van der Waals surface area contributed by atoms with E-state index in [1.54, 1.807) is 12.1 Å². The molecule has 0 radical (unpaired) electrons. The van der Waals surface area contributed by atoms with E-state index in [0.29, 0.717) is 25.3 Å². The second-order valence-electron chi connectivity index (χ2n) is 6.72. The minimum absolute atomic E-state index is 0.112. The first-order valence-corrected chi connectivity index (χ1v) is 10.8. The molecule has 9 nitrogen and oxygen atoms in total. The molecule has 11 heteroatoms. The highest BCUT2D eigenvalue weighted by Crippen LogP contribution is 2.31. The Bertz CT molecular complexity index is 992. The number of thiazole rings is 1. The van der Waals surface area contributed by atoms with Crippen molar-refractivity contribution in [3.05, 3.63) is 18.2 Å². The van der Waals surface area contributed by atoms with E-state index in [4.69, 9.17) is 4.74 Å². The number of esters is 1. The van der Waals surface area contributed by atoms with Crippen LogP contribution in [0.4, 0.5) is 5.69 Å². The molecule has 1 aromatic heterocycles. The standard InChI is InChI=1S/C18H18N4O5S2/c23-14-5-9(7-19-14)16(25)20-10-1-2-11-13(6-10)29-18(22-11)28-8-15(24)21-12-3-4-27-17(12)26/h1-2,6,9,12H,3-5,7-8H2,(H,19,23)(H,20,25)(H,21,24)/t9-,12+/m0/s1. The first kappa shape index (κ1) is 19.6. The first-order valence-electron chi connectivity index (χ1n) is 9.05. The fraction of sp³-hybridized carbons (Fsp3) is 0.389. The van der Waals surface area contributed by atoms with Gasteiger partial charge in [0, 0.05) is 25.1 Å².